The van der Waals surface area contributed by atoms with Gasteiger partial charge in [0.1, 0.15) is 0 Å². The number of carbonyl (C=O) groups excluding carboxylic acids is 1. The summed E-state index contributed by atoms with van der Waals surface area (Å²) >= 11 is 0. The lowest BCUT2D eigenvalue weighted by Gasteiger charge is -2.35. The molecular formula is C19H29N3O2. The molecule has 1 unspecified atom stereocenters. The van der Waals surface area contributed by atoms with Crippen LogP contribution in [0.2, 0.25) is 0 Å². The molecule has 1 saturated heterocycles. The maximum Gasteiger partial charge on any atom is 0.220 e. The number of nitrogens with zero attached hydrogens (tertiary/aromatic N) is 1. The number of hydrogen-bond donors (Lipinski definition) is 2. The summed E-state index contributed by atoms with van der Waals surface area (Å²) in [6.45, 7) is 3.97. The lowest BCUT2D eigenvalue weighted by Crippen LogP contribution is -2.44. The molecule has 132 valence electrons. The monoisotopic (exact) mass is 331 g/mol. The van der Waals surface area contributed by atoms with Crippen LogP contribution in [0.1, 0.15) is 37.3 Å². The van der Waals surface area contributed by atoms with Crippen molar-refractivity contribution in [3.05, 3.63) is 35.9 Å². The molecule has 2 fully saturated rings. The first-order valence-corrected chi connectivity index (χ1v) is 9.13. The Labute approximate surface area is 144 Å². The molecule has 3 rings (SSSR count). The fourth-order valence-electron chi connectivity index (χ4n) is 3.86. The van der Waals surface area contributed by atoms with Gasteiger partial charge in [-0.25, -0.2) is 0 Å². The Hall–Kier alpha value is -1.43. The van der Waals surface area contributed by atoms with Gasteiger partial charge in [0.2, 0.25) is 5.91 Å². The summed E-state index contributed by atoms with van der Waals surface area (Å²) in [5, 5.41) is 3.15. The minimum atomic E-state index is 0.131. The zero-order valence-corrected chi connectivity index (χ0v) is 14.3. The van der Waals surface area contributed by atoms with E-state index in [0.717, 1.165) is 45.6 Å². The maximum atomic E-state index is 12.4. The van der Waals surface area contributed by atoms with E-state index in [1.807, 2.05) is 6.07 Å². The van der Waals surface area contributed by atoms with Crippen LogP contribution in [-0.4, -0.2) is 49.7 Å². The third-order valence-electron chi connectivity index (χ3n) is 5.33. The summed E-state index contributed by atoms with van der Waals surface area (Å²) in [4.78, 5) is 14.8. The Morgan fingerprint density at radius 3 is 2.67 bits per heavy atom. The molecule has 1 aromatic carbocycles. The van der Waals surface area contributed by atoms with Gasteiger partial charge in [0.25, 0.3) is 0 Å². The van der Waals surface area contributed by atoms with Crippen molar-refractivity contribution in [1.29, 1.82) is 0 Å². The molecule has 24 heavy (non-hydrogen) atoms. The average molecular weight is 331 g/mol. The first kappa shape index (κ1) is 17.4. The molecule has 1 amide bonds. The number of ether oxygens (including phenoxy) is 1. The van der Waals surface area contributed by atoms with E-state index < -0.39 is 0 Å². The van der Waals surface area contributed by atoms with E-state index in [9.17, 15) is 4.79 Å². The van der Waals surface area contributed by atoms with E-state index in [0.29, 0.717) is 18.9 Å². The number of rotatable bonds is 6. The molecule has 3 N–H and O–H groups in total. The van der Waals surface area contributed by atoms with Gasteiger partial charge < -0.3 is 15.8 Å². The molecule has 1 aliphatic carbocycles. The SMILES string of the molecule is N[C@@H]1CCC[C@H]1CC(=O)NCC(c1ccccc1)N1CCOCC1. The van der Waals surface area contributed by atoms with E-state index in [4.69, 9.17) is 10.5 Å². The largest absolute Gasteiger partial charge is 0.379 e. The number of nitrogens with one attached hydrogen (secondary N) is 1. The lowest BCUT2D eigenvalue weighted by atomic mass is 9.99. The van der Waals surface area contributed by atoms with Crippen LogP contribution in [0.4, 0.5) is 0 Å². The van der Waals surface area contributed by atoms with Gasteiger partial charge in [-0.05, 0) is 24.3 Å². The highest BCUT2D eigenvalue weighted by atomic mass is 16.5. The highest BCUT2D eigenvalue weighted by Gasteiger charge is 2.27. The van der Waals surface area contributed by atoms with Gasteiger partial charge >= 0.3 is 0 Å². The Balaban J connectivity index is 1.58. The third-order valence-corrected chi connectivity index (χ3v) is 5.33. The molecule has 1 heterocycles. The number of nitrogens with two attached hydrogens (primary N) is 1. The van der Waals surface area contributed by atoms with Crippen molar-refractivity contribution in [3.63, 3.8) is 0 Å². The van der Waals surface area contributed by atoms with Crippen LogP contribution in [0.15, 0.2) is 30.3 Å². The first-order valence-electron chi connectivity index (χ1n) is 9.13. The first-order chi connectivity index (χ1) is 11.7. The molecule has 0 radical (unpaired) electrons. The van der Waals surface area contributed by atoms with E-state index in [2.05, 4.69) is 34.5 Å². The average Bonchev–Trinajstić information content (AvgIpc) is 3.02. The third kappa shape index (κ3) is 4.56. The molecule has 5 nitrogen and oxygen atoms in total. The van der Waals surface area contributed by atoms with E-state index in [1.54, 1.807) is 0 Å². The van der Waals surface area contributed by atoms with Gasteiger partial charge in [0.15, 0.2) is 0 Å². The van der Waals surface area contributed by atoms with Crippen molar-refractivity contribution in [2.75, 3.05) is 32.8 Å². The fourth-order valence-corrected chi connectivity index (χ4v) is 3.86. The quantitative estimate of drug-likeness (QED) is 0.832. The van der Waals surface area contributed by atoms with Gasteiger partial charge in [-0.3, -0.25) is 9.69 Å². The number of morpholine rings is 1. The summed E-state index contributed by atoms with van der Waals surface area (Å²) in [5.74, 6) is 0.482. The molecule has 0 aromatic heterocycles. The Bertz CT molecular complexity index is 517. The predicted molar refractivity (Wildman–Crippen MR) is 94.5 cm³/mol. The smallest absolute Gasteiger partial charge is 0.220 e. The number of carbonyl (C=O) groups is 1. The molecule has 0 spiro atoms. The Morgan fingerprint density at radius 1 is 1.25 bits per heavy atom. The van der Waals surface area contributed by atoms with Crippen molar-refractivity contribution < 1.29 is 9.53 Å². The van der Waals surface area contributed by atoms with Crippen LogP contribution < -0.4 is 11.1 Å². The normalized spacial score (nSPS) is 26.2. The van der Waals surface area contributed by atoms with Crippen LogP contribution >= 0.6 is 0 Å². The van der Waals surface area contributed by atoms with Crippen molar-refractivity contribution in [2.45, 2.75) is 37.8 Å². The van der Waals surface area contributed by atoms with Gasteiger partial charge in [-0.2, -0.15) is 0 Å². The predicted octanol–water partition coefficient (Wildman–Crippen LogP) is 1.69. The van der Waals surface area contributed by atoms with Crippen LogP contribution in [0.5, 0.6) is 0 Å². The summed E-state index contributed by atoms with van der Waals surface area (Å²) in [5.41, 5.74) is 7.34. The highest BCUT2D eigenvalue weighted by Crippen LogP contribution is 2.27. The summed E-state index contributed by atoms with van der Waals surface area (Å²) < 4.78 is 5.47. The van der Waals surface area contributed by atoms with Crippen LogP contribution in [0.3, 0.4) is 0 Å². The molecule has 5 heteroatoms. The van der Waals surface area contributed by atoms with Crippen molar-refractivity contribution in [2.24, 2.45) is 11.7 Å². The second-order valence-corrected chi connectivity index (χ2v) is 6.94. The van der Waals surface area contributed by atoms with Crippen molar-refractivity contribution in [3.8, 4) is 0 Å². The molecule has 3 atom stereocenters. The van der Waals surface area contributed by atoms with Crippen molar-refractivity contribution >= 4 is 5.91 Å². The fraction of sp³-hybridized carbons (Fsp3) is 0.632. The number of hydrogen-bond acceptors (Lipinski definition) is 4. The Kier molecular flexibility index (Phi) is 6.24. The maximum absolute atomic E-state index is 12.4. The number of amides is 1. The minimum absolute atomic E-state index is 0.131. The van der Waals surface area contributed by atoms with Gasteiger partial charge in [-0.15, -0.1) is 0 Å². The van der Waals surface area contributed by atoms with Crippen LogP contribution in [0, 0.1) is 5.92 Å². The van der Waals surface area contributed by atoms with Crippen LogP contribution in [0.25, 0.3) is 0 Å². The zero-order valence-electron chi connectivity index (χ0n) is 14.3. The summed E-state index contributed by atoms with van der Waals surface area (Å²) in [6.07, 6.45) is 3.85. The second kappa shape index (κ2) is 8.60. The molecule has 2 aliphatic rings. The standard InChI is InChI=1S/C19H29N3O2/c20-17-8-4-7-16(17)13-19(23)21-14-18(15-5-2-1-3-6-15)22-9-11-24-12-10-22/h1-3,5-6,16-18H,4,7-14,20H2,(H,21,23)/t16-,17+,18?/m0/s1. The molecule has 0 bridgehead atoms. The molecule has 1 aliphatic heterocycles. The van der Waals surface area contributed by atoms with E-state index in [1.165, 1.54) is 5.56 Å². The lowest BCUT2D eigenvalue weighted by molar-refractivity contribution is -0.122. The van der Waals surface area contributed by atoms with Gasteiger partial charge in [0.05, 0.1) is 19.3 Å². The topological polar surface area (TPSA) is 67.6 Å². The zero-order chi connectivity index (χ0) is 16.8. The second-order valence-electron chi connectivity index (χ2n) is 6.94. The van der Waals surface area contributed by atoms with Crippen molar-refractivity contribution in [1.82, 2.24) is 10.2 Å². The van der Waals surface area contributed by atoms with E-state index >= 15 is 0 Å². The summed E-state index contributed by atoms with van der Waals surface area (Å²) in [7, 11) is 0. The minimum Gasteiger partial charge on any atom is -0.379 e. The molecule has 1 aromatic rings. The van der Waals surface area contributed by atoms with Gasteiger partial charge in [0, 0.05) is 32.1 Å². The number of benzene rings is 1. The molecular weight excluding hydrogens is 302 g/mol. The molecule has 1 saturated carbocycles. The highest BCUT2D eigenvalue weighted by molar-refractivity contribution is 5.76. The van der Waals surface area contributed by atoms with E-state index in [-0.39, 0.29) is 18.0 Å². The Morgan fingerprint density at radius 2 is 2.00 bits per heavy atom. The summed E-state index contributed by atoms with van der Waals surface area (Å²) in [6, 6.07) is 10.8. The van der Waals surface area contributed by atoms with Crippen LogP contribution in [-0.2, 0) is 9.53 Å². The van der Waals surface area contributed by atoms with Gasteiger partial charge in [-0.1, -0.05) is 36.8 Å².